The van der Waals surface area contributed by atoms with Gasteiger partial charge in [-0.05, 0) is 19.1 Å². The molecule has 0 aliphatic rings. The molecule has 1 rings (SSSR count). The number of rotatable bonds is 6. The third-order valence-electron chi connectivity index (χ3n) is 2.07. The smallest absolute Gasteiger partial charge is 0.336 e. The summed E-state index contributed by atoms with van der Waals surface area (Å²) in [6.07, 6.45) is -2.60. The predicted octanol–water partition coefficient (Wildman–Crippen LogP) is 0.864. The van der Waals surface area contributed by atoms with Gasteiger partial charge in [-0.2, -0.15) is 0 Å². The number of esters is 1. The Kier molecular flexibility index (Phi) is 5.35. The molecular weight excluding hydrogens is 236 g/mol. The third kappa shape index (κ3) is 4.20. The Balaban J connectivity index is 2.73. The van der Waals surface area contributed by atoms with Crippen LogP contribution < -0.4 is 4.74 Å². The van der Waals surface area contributed by atoms with E-state index in [2.05, 4.69) is 6.58 Å². The fourth-order valence-corrected chi connectivity index (χ4v) is 1.11. The van der Waals surface area contributed by atoms with E-state index in [1.165, 1.54) is 6.92 Å². The van der Waals surface area contributed by atoms with Crippen molar-refractivity contribution >= 4 is 5.97 Å². The van der Waals surface area contributed by atoms with Gasteiger partial charge in [-0.25, -0.2) is 4.79 Å². The molecule has 0 aromatic heterocycles. The quantitative estimate of drug-likeness (QED) is 0.446. The Bertz CT molecular complexity index is 401. The fraction of sp³-hybridized carbons (Fsp3) is 0.308. The minimum Gasteiger partial charge on any atom is -0.452 e. The Hall–Kier alpha value is -1.85. The average molecular weight is 252 g/mol. The molecule has 1 aromatic rings. The van der Waals surface area contributed by atoms with Crippen LogP contribution in [0.4, 0.5) is 0 Å². The average Bonchev–Trinajstić information content (AvgIpc) is 2.38. The van der Waals surface area contributed by atoms with E-state index >= 15 is 0 Å². The molecule has 0 heterocycles. The number of benzene rings is 1. The minimum atomic E-state index is -1.33. The Morgan fingerprint density at radius 1 is 1.39 bits per heavy atom. The molecule has 0 aliphatic carbocycles. The molecule has 2 N–H and O–H groups in total. The van der Waals surface area contributed by atoms with E-state index in [4.69, 9.17) is 14.6 Å². The summed E-state index contributed by atoms with van der Waals surface area (Å²) in [5.41, 5.74) is 0.182. The van der Waals surface area contributed by atoms with Gasteiger partial charge in [-0.1, -0.05) is 24.8 Å². The van der Waals surface area contributed by atoms with Crippen LogP contribution in [0.5, 0.6) is 5.75 Å². The molecule has 0 saturated heterocycles. The highest BCUT2D eigenvalue weighted by molar-refractivity contribution is 5.87. The first-order valence-corrected chi connectivity index (χ1v) is 5.41. The number of carbonyl (C=O) groups is 1. The summed E-state index contributed by atoms with van der Waals surface area (Å²) >= 11 is 0. The van der Waals surface area contributed by atoms with E-state index in [1.807, 2.05) is 0 Å². The molecule has 5 nitrogen and oxygen atoms in total. The molecule has 2 atom stereocenters. The molecule has 98 valence electrons. The maximum absolute atomic E-state index is 11.4. The van der Waals surface area contributed by atoms with E-state index in [9.17, 15) is 9.90 Å². The van der Waals surface area contributed by atoms with E-state index < -0.39 is 25.0 Å². The summed E-state index contributed by atoms with van der Waals surface area (Å²) in [5, 5.41) is 18.4. The third-order valence-corrected chi connectivity index (χ3v) is 2.07. The van der Waals surface area contributed by atoms with E-state index in [0.29, 0.717) is 5.75 Å². The number of ether oxygens (including phenoxy) is 2. The summed E-state index contributed by atoms with van der Waals surface area (Å²) in [6, 6.07) is 8.55. The van der Waals surface area contributed by atoms with Crippen LogP contribution in [0.15, 0.2) is 42.5 Å². The number of aliphatic hydroxyl groups excluding tert-OH is 2. The molecule has 0 aliphatic heterocycles. The van der Waals surface area contributed by atoms with Crippen molar-refractivity contribution in [3.05, 3.63) is 42.5 Å². The van der Waals surface area contributed by atoms with Crippen molar-refractivity contribution < 1.29 is 24.5 Å². The normalized spacial score (nSPS) is 13.5. The zero-order chi connectivity index (χ0) is 13.5. The van der Waals surface area contributed by atoms with Crippen molar-refractivity contribution in [2.24, 2.45) is 0 Å². The summed E-state index contributed by atoms with van der Waals surface area (Å²) in [7, 11) is 0. The standard InChI is InChI=1S/C13H16O5/c1-9(2)12(16)18-13(11(15)8-14)17-10-6-4-3-5-7-10/h3-7,11,13-15H,1,8H2,2H3. The van der Waals surface area contributed by atoms with Gasteiger partial charge >= 0.3 is 5.97 Å². The molecule has 0 saturated carbocycles. The van der Waals surface area contributed by atoms with Gasteiger partial charge in [0.25, 0.3) is 6.29 Å². The molecule has 0 amide bonds. The number of aliphatic hydroxyl groups is 2. The summed E-state index contributed by atoms with van der Waals surface area (Å²) in [4.78, 5) is 11.4. The van der Waals surface area contributed by atoms with E-state index in [1.54, 1.807) is 30.3 Å². The van der Waals surface area contributed by atoms with Gasteiger partial charge in [0.05, 0.1) is 6.61 Å². The Morgan fingerprint density at radius 3 is 2.50 bits per heavy atom. The van der Waals surface area contributed by atoms with Crippen LogP contribution in [-0.2, 0) is 9.53 Å². The lowest BCUT2D eigenvalue weighted by Gasteiger charge is -2.22. The van der Waals surface area contributed by atoms with Gasteiger partial charge in [-0.3, -0.25) is 0 Å². The van der Waals surface area contributed by atoms with Gasteiger partial charge in [0.2, 0.25) is 0 Å². The largest absolute Gasteiger partial charge is 0.452 e. The Labute approximate surface area is 105 Å². The first-order chi connectivity index (χ1) is 8.54. The SMILES string of the molecule is C=C(C)C(=O)OC(Oc1ccccc1)C(O)CO. The van der Waals surface area contributed by atoms with Crippen molar-refractivity contribution in [1.29, 1.82) is 0 Å². The topological polar surface area (TPSA) is 76.0 Å². The van der Waals surface area contributed by atoms with Gasteiger partial charge < -0.3 is 19.7 Å². The van der Waals surface area contributed by atoms with Crippen molar-refractivity contribution in [1.82, 2.24) is 0 Å². The summed E-state index contributed by atoms with van der Waals surface area (Å²) in [5.74, 6) is -0.270. The van der Waals surface area contributed by atoms with Crippen LogP contribution in [-0.4, -0.2) is 35.2 Å². The predicted molar refractivity (Wildman–Crippen MR) is 64.9 cm³/mol. The zero-order valence-corrected chi connectivity index (χ0v) is 10.1. The lowest BCUT2D eigenvalue weighted by molar-refractivity contribution is -0.178. The molecule has 18 heavy (non-hydrogen) atoms. The second kappa shape index (κ2) is 6.78. The van der Waals surface area contributed by atoms with Gasteiger partial charge in [-0.15, -0.1) is 0 Å². The number of hydrogen-bond acceptors (Lipinski definition) is 5. The second-order valence-corrected chi connectivity index (χ2v) is 3.73. The second-order valence-electron chi connectivity index (χ2n) is 3.73. The van der Waals surface area contributed by atoms with Crippen LogP contribution in [0.1, 0.15) is 6.92 Å². The van der Waals surface area contributed by atoms with Crippen molar-refractivity contribution in [2.75, 3.05) is 6.61 Å². The maximum atomic E-state index is 11.4. The zero-order valence-electron chi connectivity index (χ0n) is 10.1. The molecular formula is C13H16O5. The fourth-order valence-electron chi connectivity index (χ4n) is 1.11. The molecule has 5 heteroatoms. The number of hydrogen-bond donors (Lipinski definition) is 2. The Morgan fingerprint density at radius 2 is 2.00 bits per heavy atom. The first-order valence-electron chi connectivity index (χ1n) is 5.41. The molecule has 0 spiro atoms. The highest BCUT2D eigenvalue weighted by atomic mass is 16.7. The highest BCUT2D eigenvalue weighted by Gasteiger charge is 2.25. The van der Waals surface area contributed by atoms with Gasteiger partial charge in [0.15, 0.2) is 6.10 Å². The van der Waals surface area contributed by atoms with Crippen LogP contribution in [0.2, 0.25) is 0 Å². The lowest BCUT2D eigenvalue weighted by Crippen LogP contribution is -2.38. The molecule has 2 unspecified atom stereocenters. The van der Waals surface area contributed by atoms with Gasteiger partial charge in [0.1, 0.15) is 5.75 Å². The molecule has 1 aromatic carbocycles. The highest BCUT2D eigenvalue weighted by Crippen LogP contribution is 2.14. The minimum absolute atomic E-state index is 0.182. The van der Waals surface area contributed by atoms with Crippen LogP contribution in [0.25, 0.3) is 0 Å². The van der Waals surface area contributed by atoms with Crippen molar-refractivity contribution in [2.45, 2.75) is 19.3 Å². The number of carbonyl (C=O) groups excluding carboxylic acids is 1. The molecule has 0 bridgehead atoms. The molecule has 0 fully saturated rings. The van der Waals surface area contributed by atoms with Crippen molar-refractivity contribution in [3.63, 3.8) is 0 Å². The maximum Gasteiger partial charge on any atom is 0.336 e. The summed E-state index contributed by atoms with van der Waals surface area (Å²) in [6.45, 7) is 4.32. The monoisotopic (exact) mass is 252 g/mol. The summed E-state index contributed by atoms with van der Waals surface area (Å²) < 4.78 is 10.2. The van der Waals surface area contributed by atoms with Gasteiger partial charge in [0, 0.05) is 5.57 Å². The number of para-hydroxylation sites is 1. The van der Waals surface area contributed by atoms with Crippen LogP contribution in [0, 0.1) is 0 Å². The van der Waals surface area contributed by atoms with Crippen LogP contribution in [0.3, 0.4) is 0 Å². The first kappa shape index (κ1) is 14.2. The lowest BCUT2D eigenvalue weighted by atomic mass is 10.3. The van der Waals surface area contributed by atoms with Crippen LogP contribution >= 0.6 is 0 Å². The van der Waals surface area contributed by atoms with E-state index in [0.717, 1.165) is 0 Å². The van der Waals surface area contributed by atoms with Crippen molar-refractivity contribution in [3.8, 4) is 5.75 Å². The van der Waals surface area contributed by atoms with E-state index in [-0.39, 0.29) is 5.57 Å². The molecule has 0 radical (unpaired) electrons.